The van der Waals surface area contributed by atoms with Crippen LogP contribution in [0.25, 0.3) is 17.2 Å². The maximum atomic E-state index is 12.7. The molecule has 0 saturated heterocycles. The van der Waals surface area contributed by atoms with Gasteiger partial charge in [0.1, 0.15) is 0 Å². The van der Waals surface area contributed by atoms with Crippen LogP contribution in [0.15, 0.2) is 57.8 Å². The third kappa shape index (κ3) is 5.55. The third-order valence-corrected chi connectivity index (χ3v) is 6.19. The van der Waals surface area contributed by atoms with E-state index in [0.29, 0.717) is 41.4 Å². The zero-order chi connectivity index (χ0) is 25.1. The zero-order valence-electron chi connectivity index (χ0n) is 20.2. The van der Waals surface area contributed by atoms with Crippen molar-refractivity contribution in [1.82, 2.24) is 19.2 Å². The number of aryl methyl sites for hydroxylation is 1. The van der Waals surface area contributed by atoms with Crippen LogP contribution in [0, 0.1) is 13.8 Å². The van der Waals surface area contributed by atoms with Crippen molar-refractivity contribution in [2.24, 2.45) is 0 Å². The Morgan fingerprint density at radius 3 is 2.71 bits per heavy atom. The van der Waals surface area contributed by atoms with Crippen molar-refractivity contribution in [2.75, 3.05) is 26.0 Å². The van der Waals surface area contributed by atoms with Gasteiger partial charge in [-0.15, -0.1) is 0 Å². The van der Waals surface area contributed by atoms with Crippen LogP contribution in [0.3, 0.4) is 0 Å². The molecule has 2 aromatic carbocycles. The fraction of sp³-hybridized carbons (Fsp3) is 0.269. The van der Waals surface area contributed by atoms with Gasteiger partial charge in [-0.25, -0.2) is 4.79 Å². The molecule has 4 aromatic rings. The van der Waals surface area contributed by atoms with Gasteiger partial charge >= 0.3 is 5.76 Å². The summed E-state index contributed by atoms with van der Waals surface area (Å²) in [7, 11) is 3.88. The maximum absolute atomic E-state index is 12.7. The Labute approximate surface area is 208 Å². The second-order valence-corrected chi connectivity index (χ2v) is 9.07. The van der Waals surface area contributed by atoms with E-state index in [0.717, 1.165) is 22.5 Å². The van der Waals surface area contributed by atoms with E-state index in [4.69, 9.17) is 16.0 Å². The van der Waals surface area contributed by atoms with Crippen molar-refractivity contribution >= 4 is 40.4 Å². The molecule has 0 spiro atoms. The molecule has 1 N–H and O–H groups in total. The molecule has 0 radical (unpaired) electrons. The normalized spacial score (nSPS) is 11.7. The van der Waals surface area contributed by atoms with Crippen LogP contribution in [0.1, 0.15) is 22.5 Å². The van der Waals surface area contributed by atoms with Gasteiger partial charge in [0, 0.05) is 41.1 Å². The van der Waals surface area contributed by atoms with E-state index in [1.807, 2.05) is 61.8 Å². The molecule has 0 bridgehead atoms. The molecule has 2 heterocycles. The number of rotatable bonds is 8. The average Bonchev–Trinajstić information content (AvgIpc) is 3.26. The molecule has 0 atom stereocenters. The highest BCUT2D eigenvalue weighted by Crippen LogP contribution is 2.21. The van der Waals surface area contributed by atoms with Gasteiger partial charge in [0.2, 0.25) is 5.91 Å². The van der Waals surface area contributed by atoms with Crippen LogP contribution in [-0.2, 0) is 17.9 Å². The van der Waals surface area contributed by atoms with Gasteiger partial charge in [0.05, 0.1) is 17.8 Å². The lowest BCUT2D eigenvalue weighted by Crippen LogP contribution is -2.23. The highest BCUT2D eigenvalue weighted by Gasteiger charge is 2.13. The second kappa shape index (κ2) is 10.3. The lowest BCUT2D eigenvalue weighted by atomic mass is 10.1. The number of aromatic nitrogens is 3. The first-order valence-electron chi connectivity index (χ1n) is 11.3. The number of fused-ring (bicyclic) bond motifs is 1. The minimum Gasteiger partial charge on any atom is -0.408 e. The zero-order valence-corrected chi connectivity index (χ0v) is 21.0. The molecule has 0 aliphatic carbocycles. The Bertz CT molecular complexity index is 1460. The first-order chi connectivity index (χ1) is 16.7. The van der Waals surface area contributed by atoms with Gasteiger partial charge < -0.3 is 14.6 Å². The Morgan fingerprint density at radius 1 is 1.20 bits per heavy atom. The number of likely N-dealkylation sites (N-methyl/N-ethyl adjacent to an activating group) is 1. The van der Waals surface area contributed by atoms with Crippen LogP contribution in [-0.4, -0.2) is 45.8 Å². The van der Waals surface area contributed by atoms with Gasteiger partial charge in [-0.1, -0.05) is 29.8 Å². The van der Waals surface area contributed by atoms with Crippen molar-refractivity contribution in [3.63, 3.8) is 0 Å². The maximum Gasteiger partial charge on any atom is 0.419 e. The molecule has 0 fully saturated rings. The Hall–Kier alpha value is -3.62. The Kier molecular flexibility index (Phi) is 7.23. The van der Waals surface area contributed by atoms with E-state index < -0.39 is 5.76 Å². The second-order valence-electron chi connectivity index (χ2n) is 8.66. The summed E-state index contributed by atoms with van der Waals surface area (Å²) in [6, 6.07) is 12.8. The third-order valence-electron chi connectivity index (χ3n) is 5.82. The number of hydrogen-bond acceptors (Lipinski definition) is 5. The number of nitrogens with zero attached hydrogens (tertiary/aromatic N) is 4. The van der Waals surface area contributed by atoms with Crippen molar-refractivity contribution < 1.29 is 9.21 Å². The molecule has 4 rings (SSSR count). The van der Waals surface area contributed by atoms with Crippen LogP contribution in [0.5, 0.6) is 0 Å². The number of carbonyl (C=O) groups excluding carboxylic acids is 1. The van der Waals surface area contributed by atoms with Crippen LogP contribution in [0.2, 0.25) is 5.02 Å². The standard InChI is InChI=1S/C26H28ClN5O3/c1-17-21(18(2)32(29-17)16-19-7-5-6-8-22(19)27)10-12-25(33)28-20-9-11-24-23(15-20)31(26(34)35-24)14-13-30(3)4/h5-12,15H,13-14,16H2,1-4H3,(H,28,33)/b12-10+. The van der Waals surface area contributed by atoms with E-state index in [2.05, 4.69) is 10.4 Å². The predicted molar refractivity (Wildman–Crippen MR) is 139 cm³/mol. The number of hydrogen-bond donors (Lipinski definition) is 1. The fourth-order valence-electron chi connectivity index (χ4n) is 3.89. The predicted octanol–water partition coefficient (Wildman–Crippen LogP) is 4.32. The van der Waals surface area contributed by atoms with Gasteiger partial charge in [0.25, 0.3) is 0 Å². The van der Waals surface area contributed by atoms with Gasteiger partial charge in [0.15, 0.2) is 5.58 Å². The summed E-state index contributed by atoms with van der Waals surface area (Å²) in [5, 5.41) is 8.17. The highest BCUT2D eigenvalue weighted by molar-refractivity contribution is 6.31. The fourth-order valence-corrected chi connectivity index (χ4v) is 4.08. The number of nitrogens with one attached hydrogen (secondary N) is 1. The average molecular weight is 494 g/mol. The van der Waals surface area contributed by atoms with Crippen molar-refractivity contribution in [1.29, 1.82) is 0 Å². The first-order valence-corrected chi connectivity index (χ1v) is 11.7. The minimum absolute atomic E-state index is 0.285. The van der Waals surface area contributed by atoms with E-state index >= 15 is 0 Å². The van der Waals surface area contributed by atoms with Crippen LogP contribution in [0.4, 0.5) is 5.69 Å². The van der Waals surface area contributed by atoms with Crippen molar-refractivity contribution in [3.05, 3.63) is 86.6 Å². The molecule has 8 nitrogen and oxygen atoms in total. The van der Waals surface area contributed by atoms with E-state index in [-0.39, 0.29) is 5.91 Å². The lowest BCUT2D eigenvalue weighted by molar-refractivity contribution is -0.111. The quantitative estimate of drug-likeness (QED) is 0.369. The largest absolute Gasteiger partial charge is 0.419 e. The van der Waals surface area contributed by atoms with E-state index in [1.54, 1.807) is 28.8 Å². The molecular weight excluding hydrogens is 466 g/mol. The summed E-state index contributed by atoms with van der Waals surface area (Å²) in [5.41, 5.74) is 5.33. The van der Waals surface area contributed by atoms with Gasteiger partial charge in [-0.05, 0) is 63.8 Å². The van der Waals surface area contributed by atoms with Gasteiger partial charge in [-0.2, -0.15) is 5.10 Å². The number of amides is 1. The van der Waals surface area contributed by atoms with Gasteiger partial charge in [-0.3, -0.25) is 14.0 Å². The number of anilines is 1. The summed E-state index contributed by atoms with van der Waals surface area (Å²) in [6.45, 7) is 5.61. The van der Waals surface area contributed by atoms with E-state index in [1.165, 1.54) is 6.08 Å². The smallest absolute Gasteiger partial charge is 0.408 e. The highest BCUT2D eigenvalue weighted by atomic mass is 35.5. The summed E-state index contributed by atoms with van der Waals surface area (Å²) in [6.07, 6.45) is 3.25. The molecule has 35 heavy (non-hydrogen) atoms. The summed E-state index contributed by atoms with van der Waals surface area (Å²) in [5.74, 6) is -0.697. The van der Waals surface area contributed by atoms with Crippen LogP contribution < -0.4 is 11.1 Å². The molecule has 9 heteroatoms. The number of oxazole rings is 1. The number of halogens is 1. The summed E-state index contributed by atoms with van der Waals surface area (Å²) >= 11 is 6.30. The minimum atomic E-state index is -0.412. The molecule has 0 saturated carbocycles. The topological polar surface area (TPSA) is 85.3 Å². The lowest BCUT2D eigenvalue weighted by Gasteiger charge is -2.09. The first kappa shape index (κ1) is 24.5. The number of carbonyl (C=O) groups is 1. The van der Waals surface area contributed by atoms with Crippen molar-refractivity contribution in [2.45, 2.75) is 26.9 Å². The molecule has 182 valence electrons. The number of benzene rings is 2. The monoisotopic (exact) mass is 493 g/mol. The summed E-state index contributed by atoms with van der Waals surface area (Å²) in [4.78, 5) is 26.8. The van der Waals surface area contributed by atoms with Crippen LogP contribution >= 0.6 is 11.6 Å². The van der Waals surface area contributed by atoms with E-state index in [9.17, 15) is 9.59 Å². The molecule has 1 amide bonds. The Morgan fingerprint density at radius 2 is 1.97 bits per heavy atom. The molecule has 0 aliphatic heterocycles. The molecular formula is C26H28ClN5O3. The Balaban J connectivity index is 1.50. The SMILES string of the molecule is Cc1nn(Cc2ccccc2Cl)c(C)c1/C=C/C(=O)Nc1ccc2oc(=O)n(CCN(C)C)c2c1. The van der Waals surface area contributed by atoms with Crippen molar-refractivity contribution in [3.8, 4) is 0 Å². The molecule has 0 unspecified atom stereocenters. The molecule has 2 aromatic heterocycles. The molecule has 0 aliphatic rings. The summed E-state index contributed by atoms with van der Waals surface area (Å²) < 4.78 is 8.77.